The Kier molecular flexibility index (Phi) is 4.89. The predicted molar refractivity (Wildman–Crippen MR) is 76.1 cm³/mol. The van der Waals surface area contributed by atoms with Crippen molar-refractivity contribution in [2.75, 3.05) is 19.6 Å². The van der Waals surface area contributed by atoms with Crippen molar-refractivity contribution in [3.63, 3.8) is 0 Å². The Morgan fingerprint density at radius 3 is 2.85 bits per heavy atom. The fourth-order valence-corrected chi connectivity index (χ4v) is 2.78. The highest BCUT2D eigenvalue weighted by molar-refractivity contribution is 5.98. The molecule has 1 heterocycles. The van der Waals surface area contributed by atoms with E-state index in [9.17, 15) is 14.3 Å². The molecule has 0 aliphatic carbocycles. The van der Waals surface area contributed by atoms with Crippen molar-refractivity contribution in [1.82, 2.24) is 4.90 Å². The fraction of sp³-hybridized carbons (Fsp3) is 0.562. The molecular weight excluding hydrogens is 257 g/mol. The van der Waals surface area contributed by atoms with Gasteiger partial charge >= 0.3 is 0 Å². The summed E-state index contributed by atoms with van der Waals surface area (Å²) in [6, 6.07) is 6.13. The maximum absolute atomic E-state index is 13.6. The summed E-state index contributed by atoms with van der Waals surface area (Å²) in [6.45, 7) is 6.05. The predicted octanol–water partition coefficient (Wildman–Crippen LogP) is 2.35. The molecule has 0 bridgehead atoms. The molecule has 3 nitrogen and oxygen atoms in total. The lowest BCUT2D eigenvalue weighted by Gasteiger charge is -2.35. The first kappa shape index (κ1) is 15.1. The smallest absolute Gasteiger partial charge is 0.169 e. The standard InChI is InChI=1S/C16H22FNO2/c1-11-9-18(8-7-15(11)19)10-12(2)16(20)13-5-3-4-6-14(13)17/h3-6,11-12,15,19H,7-10H2,1-2H3. The van der Waals surface area contributed by atoms with Crippen LogP contribution in [0.3, 0.4) is 0 Å². The number of aliphatic hydroxyl groups is 1. The molecule has 2 rings (SSSR count). The van der Waals surface area contributed by atoms with Crippen molar-refractivity contribution in [2.45, 2.75) is 26.4 Å². The quantitative estimate of drug-likeness (QED) is 0.860. The lowest BCUT2D eigenvalue weighted by atomic mass is 9.94. The molecule has 1 fully saturated rings. The Bertz CT molecular complexity index is 477. The number of hydrogen-bond donors (Lipinski definition) is 1. The average molecular weight is 279 g/mol. The zero-order valence-corrected chi connectivity index (χ0v) is 12.1. The Labute approximate surface area is 119 Å². The van der Waals surface area contributed by atoms with E-state index in [0.29, 0.717) is 6.54 Å². The number of carbonyl (C=O) groups is 1. The van der Waals surface area contributed by atoms with E-state index in [1.54, 1.807) is 12.1 Å². The number of rotatable bonds is 4. The first-order valence-electron chi connectivity index (χ1n) is 7.18. The summed E-state index contributed by atoms with van der Waals surface area (Å²) in [4.78, 5) is 14.5. The number of nitrogens with zero attached hydrogens (tertiary/aromatic N) is 1. The molecule has 4 heteroatoms. The van der Waals surface area contributed by atoms with Crippen LogP contribution in [0.15, 0.2) is 24.3 Å². The third kappa shape index (κ3) is 3.44. The van der Waals surface area contributed by atoms with Gasteiger partial charge in [0.25, 0.3) is 0 Å². The molecule has 0 radical (unpaired) electrons. The molecule has 1 aliphatic heterocycles. The van der Waals surface area contributed by atoms with E-state index >= 15 is 0 Å². The van der Waals surface area contributed by atoms with Crippen LogP contribution in [-0.2, 0) is 0 Å². The van der Waals surface area contributed by atoms with Gasteiger partial charge in [-0.25, -0.2) is 4.39 Å². The second-order valence-corrected chi connectivity index (χ2v) is 5.84. The number of benzene rings is 1. The average Bonchev–Trinajstić information content (AvgIpc) is 2.42. The molecule has 0 aromatic heterocycles. The first-order valence-corrected chi connectivity index (χ1v) is 7.18. The summed E-state index contributed by atoms with van der Waals surface area (Å²) in [5.41, 5.74) is 0.171. The molecule has 3 atom stereocenters. The summed E-state index contributed by atoms with van der Waals surface area (Å²) in [5, 5.41) is 9.71. The zero-order chi connectivity index (χ0) is 14.7. The molecule has 1 saturated heterocycles. The number of ketones is 1. The van der Waals surface area contributed by atoms with Crippen molar-refractivity contribution in [3.05, 3.63) is 35.6 Å². The van der Waals surface area contributed by atoms with Gasteiger partial charge in [-0.05, 0) is 24.5 Å². The Morgan fingerprint density at radius 2 is 2.20 bits per heavy atom. The SMILES string of the molecule is CC(CN1CCC(O)C(C)C1)C(=O)c1ccccc1F. The van der Waals surface area contributed by atoms with E-state index in [-0.39, 0.29) is 29.3 Å². The van der Waals surface area contributed by atoms with Crippen LogP contribution in [0.5, 0.6) is 0 Å². The summed E-state index contributed by atoms with van der Waals surface area (Å²) in [6.07, 6.45) is 0.491. The number of carbonyl (C=O) groups excluding carboxylic acids is 1. The van der Waals surface area contributed by atoms with Crippen molar-refractivity contribution in [1.29, 1.82) is 0 Å². The van der Waals surface area contributed by atoms with Crippen LogP contribution in [0.2, 0.25) is 0 Å². The lowest BCUT2D eigenvalue weighted by molar-refractivity contribution is 0.0299. The third-order valence-electron chi connectivity index (χ3n) is 4.06. The van der Waals surface area contributed by atoms with Crippen molar-refractivity contribution in [3.8, 4) is 0 Å². The van der Waals surface area contributed by atoms with Crippen LogP contribution >= 0.6 is 0 Å². The number of Topliss-reactive ketones (excluding diaryl/α,β-unsaturated/α-hetero) is 1. The van der Waals surface area contributed by atoms with Gasteiger partial charge in [-0.2, -0.15) is 0 Å². The monoisotopic (exact) mass is 279 g/mol. The molecule has 110 valence electrons. The number of piperidine rings is 1. The molecule has 20 heavy (non-hydrogen) atoms. The van der Waals surface area contributed by atoms with Crippen LogP contribution in [0, 0.1) is 17.7 Å². The van der Waals surface area contributed by atoms with Gasteiger partial charge < -0.3 is 10.0 Å². The summed E-state index contributed by atoms with van der Waals surface area (Å²) in [7, 11) is 0. The molecule has 1 aromatic carbocycles. The topological polar surface area (TPSA) is 40.5 Å². The van der Waals surface area contributed by atoms with Crippen molar-refractivity contribution >= 4 is 5.78 Å². The van der Waals surface area contributed by atoms with Crippen LogP contribution in [0.4, 0.5) is 4.39 Å². The van der Waals surface area contributed by atoms with Crippen molar-refractivity contribution < 1.29 is 14.3 Å². The highest BCUT2D eigenvalue weighted by Gasteiger charge is 2.27. The summed E-state index contributed by atoms with van der Waals surface area (Å²) >= 11 is 0. The first-order chi connectivity index (χ1) is 9.49. The maximum atomic E-state index is 13.6. The number of hydrogen-bond acceptors (Lipinski definition) is 3. The van der Waals surface area contributed by atoms with E-state index in [1.807, 2.05) is 13.8 Å². The third-order valence-corrected chi connectivity index (χ3v) is 4.06. The van der Waals surface area contributed by atoms with Gasteiger partial charge in [0.05, 0.1) is 11.7 Å². The van der Waals surface area contributed by atoms with Gasteiger partial charge in [0, 0.05) is 25.6 Å². The van der Waals surface area contributed by atoms with Gasteiger partial charge in [0.1, 0.15) is 5.82 Å². The molecule has 0 amide bonds. The second-order valence-electron chi connectivity index (χ2n) is 5.84. The lowest BCUT2D eigenvalue weighted by Crippen LogP contribution is -2.44. The summed E-state index contributed by atoms with van der Waals surface area (Å²) < 4.78 is 13.6. The minimum Gasteiger partial charge on any atom is -0.393 e. The zero-order valence-electron chi connectivity index (χ0n) is 12.1. The van der Waals surface area contributed by atoms with Gasteiger partial charge in [-0.1, -0.05) is 26.0 Å². The minimum atomic E-state index is -0.452. The number of halogens is 1. The maximum Gasteiger partial charge on any atom is 0.169 e. The van der Waals surface area contributed by atoms with E-state index in [0.717, 1.165) is 19.5 Å². The number of likely N-dealkylation sites (tertiary alicyclic amines) is 1. The normalized spacial score (nSPS) is 25.4. The van der Waals surface area contributed by atoms with Crippen LogP contribution < -0.4 is 0 Å². The fourth-order valence-electron chi connectivity index (χ4n) is 2.78. The molecule has 1 aliphatic rings. The van der Waals surface area contributed by atoms with E-state index in [1.165, 1.54) is 12.1 Å². The number of aliphatic hydroxyl groups excluding tert-OH is 1. The van der Waals surface area contributed by atoms with Gasteiger partial charge in [-0.3, -0.25) is 4.79 Å². The van der Waals surface area contributed by atoms with Gasteiger partial charge in [-0.15, -0.1) is 0 Å². The van der Waals surface area contributed by atoms with Crippen LogP contribution in [0.25, 0.3) is 0 Å². The largest absolute Gasteiger partial charge is 0.393 e. The van der Waals surface area contributed by atoms with Crippen LogP contribution in [0.1, 0.15) is 30.6 Å². The Hall–Kier alpha value is -1.26. The van der Waals surface area contributed by atoms with Crippen molar-refractivity contribution in [2.24, 2.45) is 11.8 Å². The molecule has 3 unspecified atom stereocenters. The minimum absolute atomic E-state index is 0.151. The van der Waals surface area contributed by atoms with E-state index in [2.05, 4.69) is 4.90 Å². The highest BCUT2D eigenvalue weighted by Crippen LogP contribution is 2.19. The Morgan fingerprint density at radius 1 is 1.50 bits per heavy atom. The van der Waals surface area contributed by atoms with E-state index in [4.69, 9.17) is 0 Å². The molecule has 1 aromatic rings. The highest BCUT2D eigenvalue weighted by atomic mass is 19.1. The molecule has 0 saturated carbocycles. The van der Waals surface area contributed by atoms with Gasteiger partial charge in [0.15, 0.2) is 5.78 Å². The second kappa shape index (κ2) is 6.46. The summed E-state index contributed by atoms with van der Waals surface area (Å²) in [5.74, 6) is -0.623. The molecule has 0 spiro atoms. The molecule has 1 N–H and O–H groups in total. The van der Waals surface area contributed by atoms with E-state index < -0.39 is 5.82 Å². The Balaban J connectivity index is 1.97. The van der Waals surface area contributed by atoms with Crippen LogP contribution in [-0.4, -0.2) is 41.5 Å². The molecular formula is C16H22FNO2. The van der Waals surface area contributed by atoms with Gasteiger partial charge in [0.2, 0.25) is 0 Å².